The summed E-state index contributed by atoms with van der Waals surface area (Å²) in [5, 5.41) is 19.4. The van der Waals surface area contributed by atoms with Crippen LogP contribution in [0, 0.1) is 0 Å². The van der Waals surface area contributed by atoms with Crippen molar-refractivity contribution < 1.29 is 8.83 Å². The van der Waals surface area contributed by atoms with E-state index in [0.717, 1.165) is 17.4 Å². The van der Waals surface area contributed by atoms with Crippen LogP contribution in [0.15, 0.2) is 49.9 Å². The number of rotatable bonds is 6. The van der Waals surface area contributed by atoms with Crippen molar-refractivity contribution in [2.24, 2.45) is 7.05 Å². The van der Waals surface area contributed by atoms with Gasteiger partial charge in [0.25, 0.3) is 5.89 Å². The summed E-state index contributed by atoms with van der Waals surface area (Å²) in [5.41, 5.74) is 0. The largest absolute Gasteiger partial charge is 0.459 e. The van der Waals surface area contributed by atoms with Crippen LogP contribution in [0.5, 0.6) is 0 Å². The molecule has 0 bridgehead atoms. The summed E-state index contributed by atoms with van der Waals surface area (Å²) >= 11 is 3.23. The van der Waals surface area contributed by atoms with Gasteiger partial charge in [-0.05, 0) is 23.6 Å². The smallest absolute Gasteiger partial charge is 0.283 e. The van der Waals surface area contributed by atoms with E-state index in [2.05, 4.69) is 31.8 Å². The second kappa shape index (κ2) is 6.62. The normalized spacial score (nSPS) is 11.2. The number of furan rings is 1. The van der Waals surface area contributed by atoms with E-state index in [1.54, 1.807) is 29.7 Å². The predicted molar refractivity (Wildman–Crippen MR) is 89.7 cm³/mol. The van der Waals surface area contributed by atoms with Gasteiger partial charge in [0.05, 0.1) is 12.0 Å². The lowest BCUT2D eigenvalue weighted by Crippen LogP contribution is -1.99. The Morgan fingerprint density at radius 1 is 1.17 bits per heavy atom. The molecule has 4 aromatic rings. The molecule has 9 heteroatoms. The molecule has 4 aromatic heterocycles. The number of thioether (sulfide) groups is 1. The predicted octanol–water partition coefficient (Wildman–Crippen LogP) is 3.40. The average molecular weight is 359 g/mol. The zero-order chi connectivity index (χ0) is 16.4. The molecule has 7 nitrogen and oxygen atoms in total. The number of hydrogen-bond acceptors (Lipinski definition) is 8. The standard InChI is InChI=1S/C15H13N5O2S2/c1-20-12(8-10-4-3-7-23-10)16-19-15(20)24-9-13-17-18-14(22-13)11-5-2-6-21-11/h2-7H,8-9H2,1H3. The fourth-order valence-corrected chi connectivity index (χ4v) is 3.60. The molecule has 0 aliphatic carbocycles. The minimum Gasteiger partial charge on any atom is -0.459 e. The number of aromatic nitrogens is 5. The Morgan fingerprint density at radius 3 is 2.92 bits per heavy atom. The van der Waals surface area contributed by atoms with E-state index in [-0.39, 0.29) is 0 Å². The van der Waals surface area contributed by atoms with Crippen LogP contribution in [-0.2, 0) is 19.2 Å². The van der Waals surface area contributed by atoms with Gasteiger partial charge in [0.1, 0.15) is 5.82 Å². The lowest BCUT2D eigenvalue weighted by atomic mass is 10.3. The Bertz CT molecular complexity index is 912. The first-order chi connectivity index (χ1) is 11.8. The zero-order valence-corrected chi connectivity index (χ0v) is 14.4. The van der Waals surface area contributed by atoms with Crippen LogP contribution in [0.4, 0.5) is 0 Å². The van der Waals surface area contributed by atoms with E-state index in [0.29, 0.717) is 23.3 Å². The Labute approximate surface area is 145 Å². The number of nitrogens with zero attached hydrogens (tertiary/aromatic N) is 5. The van der Waals surface area contributed by atoms with Crippen molar-refractivity contribution in [2.75, 3.05) is 0 Å². The molecule has 4 rings (SSSR count). The Balaban J connectivity index is 1.42. The quantitative estimate of drug-likeness (QED) is 0.488. The van der Waals surface area contributed by atoms with Gasteiger partial charge in [-0.3, -0.25) is 0 Å². The van der Waals surface area contributed by atoms with Crippen LogP contribution >= 0.6 is 23.1 Å². The Kier molecular flexibility index (Phi) is 4.18. The van der Waals surface area contributed by atoms with E-state index >= 15 is 0 Å². The fourth-order valence-electron chi connectivity index (χ4n) is 2.13. The monoisotopic (exact) mass is 359 g/mol. The molecule has 0 atom stereocenters. The topological polar surface area (TPSA) is 82.8 Å². The Morgan fingerprint density at radius 2 is 2.12 bits per heavy atom. The molecular weight excluding hydrogens is 346 g/mol. The zero-order valence-electron chi connectivity index (χ0n) is 12.7. The van der Waals surface area contributed by atoms with E-state index < -0.39 is 0 Å². The molecule has 0 saturated carbocycles. The van der Waals surface area contributed by atoms with Crippen molar-refractivity contribution in [1.82, 2.24) is 25.0 Å². The lowest BCUT2D eigenvalue weighted by Gasteiger charge is -2.01. The molecule has 0 aromatic carbocycles. The van der Waals surface area contributed by atoms with Gasteiger partial charge < -0.3 is 13.4 Å². The van der Waals surface area contributed by atoms with Crippen molar-refractivity contribution in [3.8, 4) is 11.7 Å². The van der Waals surface area contributed by atoms with Gasteiger partial charge in [0, 0.05) is 18.3 Å². The molecule has 122 valence electrons. The molecule has 0 saturated heterocycles. The minimum absolute atomic E-state index is 0.381. The molecule has 0 N–H and O–H groups in total. The summed E-state index contributed by atoms with van der Waals surface area (Å²) in [6, 6.07) is 7.70. The van der Waals surface area contributed by atoms with Crippen LogP contribution in [0.3, 0.4) is 0 Å². The molecule has 0 fully saturated rings. The van der Waals surface area contributed by atoms with E-state index in [1.807, 2.05) is 17.7 Å². The third-order valence-electron chi connectivity index (χ3n) is 3.36. The molecule has 0 aliphatic heterocycles. The summed E-state index contributed by atoms with van der Waals surface area (Å²) in [5.74, 6) is 2.93. The maximum Gasteiger partial charge on any atom is 0.283 e. The summed E-state index contributed by atoms with van der Waals surface area (Å²) in [6.45, 7) is 0. The average Bonchev–Trinajstić information content (AvgIpc) is 3.36. The van der Waals surface area contributed by atoms with Crippen LogP contribution in [0.1, 0.15) is 16.6 Å². The molecule has 0 aliphatic rings. The third kappa shape index (κ3) is 3.13. The van der Waals surface area contributed by atoms with E-state index in [9.17, 15) is 0 Å². The third-order valence-corrected chi connectivity index (χ3v) is 5.24. The van der Waals surface area contributed by atoms with E-state index in [4.69, 9.17) is 8.83 Å². The summed E-state index contributed by atoms with van der Waals surface area (Å²) < 4.78 is 12.8. The first-order valence-electron chi connectivity index (χ1n) is 7.19. The van der Waals surface area contributed by atoms with Crippen molar-refractivity contribution >= 4 is 23.1 Å². The highest BCUT2D eigenvalue weighted by atomic mass is 32.2. The maximum absolute atomic E-state index is 5.59. The van der Waals surface area contributed by atoms with Crippen molar-refractivity contribution in [3.63, 3.8) is 0 Å². The summed E-state index contributed by atoms with van der Waals surface area (Å²) in [4.78, 5) is 1.27. The summed E-state index contributed by atoms with van der Waals surface area (Å²) in [7, 11) is 1.97. The van der Waals surface area contributed by atoms with Gasteiger partial charge in [-0.2, -0.15) is 0 Å². The first-order valence-corrected chi connectivity index (χ1v) is 9.06. The highest BCUT2D eigenvalue weighted by Gasteiger charge is 2.14. The van der Waals surface area contributed by atoms with Gasteiger partial charge in [-0.15, -0.1) is 31.7 Å². The van der Waals surface area contributed by atoms with Crippen molar-refractivity contribution in [1.29, 1.82) is 0 Å². The minimum atomic E-state index is 0.381. The van der Waals surface area contributed by atoms with E-state index in [1.165, 1.54) is 16.6 Å². The highest BCUT2D eigenvalue weighted by Crippen LogP contribution is 2.24. The lowest BCUT2D eigenvalue weighted by molar-refractivity contribution is 0.494. The van der Waals surface area contributed by atoms with Crippen LogP contribution in [-0.4, -0.2) is 25.0 Å². The molecule has 4 heterocycles. The second-order valence-electron chi connectivity index (χ2n) is 4.98. The van der Waals surface area contributed by atoms with Gasteiger partial charge in [0.15, 0.2) is 10.9 Å². The van der Waals surface area contributed by atoms with Gasteiger partial charge in [-0.25, -0.2) is 0 Å². The number of thiophene rings is 1. The van der Waals surface area contributed by atoms with Crippen LogP contribution < -0.4 is 0 Å². The van der Waals surface area contributed by atoms with Crippen LogP contribution in [0.25, 0.3) is 11.7 Å². The molecule has 0 unspecified atom stereocenters. The molecule has 24 heavy (non-hydrogen) atoms. The molecule has 0 amide bonds. The highest BCUT2D eigenvalue weighted by molar-refractivity contribution is 7.98. The van der Waals surface area contributed by atoms with Crippen molar-refractivity contribution in [3.05, 3.63) is 52.5 Å². The van der Waals surface area contributed by atoms with Crippen molar-refractivity contribution in [2.45, 2.75) is 17.3 Å². The van der Waals surface area contributed by atoms with Crippen LogP contribution in [0.2, 0.25) is 0 Å². The van der Waals surface area contributed by atoms with Gasteiger partial charge in [-0.1, -0.05) is 17.8 Å². The maximum atomic E-state index is 5.59. The molecule has 0 spiro atoms. The number of hydrogen-bond donors (Lipinski definition) is 0. The van der Waals surface area contributed by atoms with Gasteiger partial charge >= 0.3 is 0 Å². The fraction of sp³-hybridized carbons (Fsp3) is 0.200. The first kappa shape index (κ1) is 15.2. The molecular formula is C15H13N5O2S2. The second-order valence-corrected chi connectivity index (χ2v) is 6.96. The SMILES string of the molecule is Cn1c(Cc2cccs2)nnc1SCc1nnc(-c2ccco2)o1. The van der Waals surface area contributed by atoms with Gasteiger partial charge in [0.2, 0.25) is 5.89 Å². The molecule has 0 radical (unpaired) electrons. The summed E-state index contributed by atoms with van der Waals surface area (Å²) in [6.07, 6.45) is 2.35. The Hall–Kier alpha value is -2.39.